The largest absolute Gasteiger partial charge is 0.370 e. The number of nitrogens with zero attached hydrogens (tertiary/aromatic N) is 2. The summed E-state index contributed by atoms with van der Waals surface area (Å²) in [7, 11) is 0. The van der Waals surface area contributed by atoms with E-state index in [9.17, 15) is 9.59 Å². The molecular weight excluding hydrogens is 335 g/mol. The van der Waals surface area contributed by atoms with Gasteiger partial charge in [-0.2, -0.15) is 0 Å². The molecule has 124 valence electrons. The maximum atomic E-state index is 12.1. The summed E-state index contributed by atoms with van der Waals surface area (Å²) in [5.41, 5.74) is 1.74. The highest BCUT2D eigenvalue weighted by Crippen LogP contribution is 2.35. The lowest BCUT2D eigenvalue weighted by molar-refractivity contribution is -0.120. The van der Waals surface area contributed by atoms with Gasteiger partial charge in [0.2, 0.25) is 11.1 Å². The lowest BCUT2D eigenvalue weighted by Crippen LogP contribution is -2.33. The average molecular weight is 355 g/mol. The maximum absolute atomic E-state index is 12.1. The Balaban J connectivity index is 1.77. The van der Waals surface area contributed by atoms with Gasteiger partial charge < -0.3 is 9.80 Å². The third kappa shape index (κ3) is 3.48. The van der Waals surface area contributed by atoms with Crippen molar-refractivity contribution in [2.24, 2.45) is 11.8 Å². The van der Waals surface area contributed by atoms with Crippen molar-refractivity contribution in [1.29, 1.82) is 0 Å². The van der Waals surface area contributed by atoms with Crippen LogP contribution in [0.2, 0.25) is 5.02 Å². The molecule has 1 aromatic carbocycles. The molecule has 2 saturated heterocycles. The van der Waals surface area contributed by atoms with Crippen molar-refractivity contribution in [3.05, 3.63) is 23.2 Å². The van der Waals surface area contributed by atoms with Crippen LogP contribution < -0.4 is 9.80 Å². The van der Waals surface area contributed by atoms with Gasteiger partial charge in [0.15, 0.2) is 0 Å². The normalized spacial score (nSPS) is 22.7. The quantitative estimate of drug-likeness (QED) is 0.777. The van der Waals surface area contributed by atoms with Gasteiger partial charge in [0, 0.05) is 31.7 Å². The van der Waals surface area contributed by atoms with Gasteiger partial charge in [0.05, 0.1) is 16.6 Å². The molecule has 0 saturated carbocycles. The van der Waals surface area contributed by atoms with Gasteiger partial charge in [-0.15, -0.1) is 0 Å². The number of carbonyl (C=O) groups excluding carboxylic acids is 2. The molecule has 23 heavy (non-hydrogen) atoms. The second-order valence-corrected chi connectivity index (χ2v) is 7.29. The van der Waals surface area contributed by atoms with Gasteiger partial charge >= 0.3 is 0 Å². The van der Waals surface area contributed by atoms with Crippen LogP contribution in [0.25, 0.3) is 0 Å². The van der Waals surface area contributed by atoms with Crippen LogP contribution in [0.5, 0.6) is 0 Å². The Morgan fingerprint density at radius 3 is 2.52 bits per heavy atom. The minimum Gasteiger partial charge on any atom is -0.370 e. The number of hydrogen-bond donors (Lipinski definition) is 0. The highest BCUT2D eigenvalue weighted by atomic mass is 35.5. The summed E-state index contributed by atoms with van der Waals surface area (Å²) >= 11 is 12.0. The molecule has 0 bridgehead atoms. The predicted molar refractivity (Wildman–Crippen MR) is 93.4 cm³/mol. The molecule has 0 radical (unpaired) electrons. The van der Waals surface area contributed by atoms with Crippen LogP contribution in [0.15, 0.2) is 18.2 Å². The molecule has 0 aromatic heterocycles. The van der Waals surface area contributed by atoms with Gasteiger partial charge in [0.1, 0.15) is 0 Å². The molecule has 2 aliphatic heterocycles. The van der Waals surface area contributed by atoms with Crippen LogP contribution in [0.4, 0.5) is 11.4 Å². The standard InChI is InChI=1S/C17H20Cl2N2O2/c1-11-4-6-20(7-5-11)15-3-2-13(9-14(15)18)21-10-12(17(19)23)8-16(21)22/h2-3,9,11-12H,4-8,10H2,1H3. The zero-order valence-corrected chi connectivity index (χ0v) is 14.6. The predicted octanol–water partition coefficient (Wildman–Crippen LogP) is 3.69. The third-order valence-electron chi connectivity index (χ3n) is 4.81. The van der Waals surface area contributed by atoms with E-state index >= 15 is 0 Å². The fourth-order valence-electron chi connectivity index (χ4n) is 3.28. The molecular formula is C17H20Cl2N2O2. The summed E-state index contributed by atoms with van der Waals surface area (Å²) in [5.74, 6) is 0.252. The Morgan fingerprint density at radius 1 is 1.26 bits per heavy atom. The maximum Gasteiger partial charge on any atom is 0.227 e. The van der Waals surface area contributed by atoms with Crippen molar-refractivity contribution in [3.8, 4) is 0 Å². The first-order valence-electron chi connectivity index (χ1n) is 8.00. The van der Waals surface area contributed by atoms with E-state index in [1.54, 1.807) is 4.90 Å². The van der Waals surface area contributed by atoms with Crippen molar-refractivity contribution in [2.45, 2.75) is 26.2 Å². The van der Waals surface area contributed by atoms with Crippen molar-refractivity contribution >= 4 is 45.7 Å². The summed E-state index contributed by atoms with van der Waals surface area (Å²) in [6.45, 7) is 4.62. The SMILES string of the molecule is CC1CCN(c2ccc(N3CC(C(=O)Cl)CC3=O)cc2Cl)CC1. The summed E-state index contributed by atoms with van der Waals surface area (Å²) in [5, 5.41) is 0.191. The fourth-order valence-corrected chi connectivity index (χ4v) is 3.72. The minimum atomic E-state index is -0.453. The molecule has 1 atom stereocenters. The Bertz CT molecular complexity index is 627. The van der Waals surface area contributed by atoms with Gasteiger partial charge in [0.25, 0.3) is 0 Å². The number of anilines is 2. The minimum absolute atomic E-state index is 0.0837. The van der Waals surface area contributed by atoms with Crippen molar-refractivity contribution < 1.29 is 9.59 Å². The molecule has 0 spiro atoms. The molecule has 2 aliphatic rings. The van der Waals surface area contributed by atoms with E-state index in [1.807, 2.05) is 18.2 Å². The van der Waals surface area contributed by atoms with Crippen LogP contribution in [0, 0.1) is 11.8 Å². The van der Waals surface area contributed by atoms with Crippen LogP contribution in [0.1, 0.15) is 26.2 Å². The summed E-state index contributed by atoms with van der Waals surface area (Å²) in [4.78, 5) is 27.3. The van der Waals surface area contributed by atoms with E-state index in [2.05, 4.69) is 11.8 Å². The van der Waals surface area contributed by atoms with E-state index in [1.165, 1.54) is 12.8 Å². The van der Waals surface area contributed by atoms with Crippen LogP contribution in [-0.4, -0.2) is 30.8 Å². The Kier molecular flexibility index (Phi) is 4.83. The van der Waals surface area contributed by atoms with Gasteiger partial charge in [-0.1, -0.05) is 18.5 Å². The second-order valence-electron chi connectivity index (χ2n) is 6.51. The second kappa shape index (κ2) is 6.70. The van der Waals surface area contributed by atoms with E-state index < -0.39 is 11.2 Å². The Hall–Kier alpha value is -1.26. The average Bonchev–Trinajstić information content (AvgIpc) is 2.90. The zero-order chi connectivity index (χ0) is 16.6. The van der Waals surface area contributed by atoms with Crippen molar-refractivity contribution in [3.63, 3.8) is 0 Å². The first-order valence-corrected chi connectivity index (χ1v) is 8.75. The number of amides is 1. The zero-order valence-electron chi connectivity index (χ0n) is 13.1. The Morgan fingerprint density at radius 2 is 1.96 bits per heavy atom. The first-order chi connectivity index (χ1) is 11.0. The fraction of sp³-hybridized carbons (Fsp3) is 0.529. The summed E-state index contributed by atoms with van der Waals surface area (Å²) < 4.78 is 0. The highest BCUT2D eigenvalue weighted by molar-refractivity contribution is 6.64. The monoisotopic (exact) mass is 354 g/mol. The van der Waals surface area contributed by atoms with Crippen molar-refractivity contribution in [2.75, 3.05) is 29.4 Å². The van der Waals surface area contributed by atoms with E-state index in [-0.39, 0.29) is 12.3 Å². The molecule has 0 N–H and O–H groups in total. The number of carbonyl (C=O) groups is 2. The summed E-state index contributed by atoms with van der Waals surface area (Å²) in [6, 6.07) is 5.68. The van der Waals surface area contributed by atoms with Crippen LogP contribution in [0.3, 0.4) is 0 Å². The third-order valence-corrected chi connectivity index (χ3v) is 5.42. The van der Waals surface area contributed by atoms with Gasteiger partial charge in [-0.05, 0) is 48.6 Å². The summed E-state index contributed by atoms with van der Waals surface area (Å²) in [6.07, 6.45) is 2.51. The van der Waals surface area contributed by atoms with Crippen LogP contribution >= 0.6 is 23.2 Å². The Labute approximate surface area is 146 Å². The molecule has 6 heteroatoms. The van der Waals surface area contributed by atoms with E-state index in [0.717, 1.165) is 30.4 Å². The molecule has 4 nitrogen and oxygen atoms in total. The number of halogens is 2. The number of piperidine rings is 1. The lowest BCUT2D eigenvalue weighted by atomic mass is 9.99. The topological polar surface area (TPSA) is 40.6 Å². The molecule has 0 aliphatic carbocycles. The van der Waals surface area contributed by atoms with Gasteiger partial charge in [-0.25, -0.2) is 0 Å². The van der Waals surface area contributed by atoms with Gasteiger partial charge in [-0.3, -0.25) is 9.59 Å². The number of rotatable bonds is 3. The van der Waals surface area contributed by atoms with E-state index in [0.29, 0.717) is 11.6 Å². The molecule has 2 heterocycles. The molecule has 1 unspecified atom stereocenters. The number of hydrogen-bond acceptors (Lipinski definition) is 3. The molecule has 3 rings (SSSR count). The lowest BCUT2D eigenvalue weighted by Gasteiger charge is -2.33. The molecule has 1 amide bonds. The molecule has 1 aromatic rings. The highest BCUT2D eigenvalue weighted by Gasteiger charge is 2.34. The molecule has 2 fully saturated rings. The van der Waals surface area contributed by atoms with Crippen molar-refractivity contribution in [1.82, 2.24) is 0 Å². The van der Waals surface area contributed by atoms with Crippen LogP contribution in [-0.2, 0) is 9.59 Å². The number of benzene rings is 1. The van der Waals surface area contributed by atoms with E-state index in [4.69, 9.17) is 23.2 Å². The first kappa shape index (κ1) is 16.6. The smallest absolute Gasteiger partial charge is 0.227 e.